The number of H-pyrrole nitrogens is 1. The molecule has 0 spiro atoms. The first-order valence-corrected chi connectivity index (χ1v) is 6.67. The molecule has 1 aromatic carbocycles. The number of aromatic amines is 1. The van der Waals surface area contributed by atoms with Crippen LogP contribution in [0.5, 0.6) is 0 Å². The smallest absolute Gasteiger partial charge is 0.221 e. The average molecular weight is 271 g/mol. The summed E-state index contributed by atoms with van der Waals surface area (Å²) < 4.78 is 0. The minimum atomic E-state index is 0.278. The number of nitrogen functional groups attached to an aromatic ring is 1. The highest BCUT2D eigenvalue weighted by atomic mass is 32.2. The van der Waals surface area contributed by atoms with E-state index in [9.17, 15) is 0 Å². The van der Waals surface area contributed by atoms with Gasteiger partial charge < -0.3 is 10.7 Å². The molecule has 0 radical (unpaired) electrons. The van der Waals surface area contributed by atoms with Crippen LogP contribution in [0.4, 0.5) is 5.95 Å². The van der Waals surface area contributed by atoms with Gasteiger partial charge >= 0.3 is 0 Å². The molecule has 6 heteroatoms. The fraction of sp³-hybridized carbons (Fsp3) is 0.154. The van der Waals surface area contributed by atoms with Crippen molar-refractivity contribution < 1.29 is 0 Å². The molecule has 0 fully saturated rings. The van der Waals surface area contributed by atoms with Crippen LogP contribution in [-0.4, -0.2) is 19.9 Å². The Morgan fingerprint density at radius 1 is 1.21 bits per heavy atom. The van der Waals surface area contributed by atoms with Gasteiger partial charge in [0.2, 0.25) is 5.95 Å². The van der Waals surface area contributed by atoms with Crippen molar-refractivity contribution in [1.29, 1.82) is 0 Å². The zero-order valence-electron chi connectivity index (χ0n) is 10.6. The number of hydrogen-bond acceptors (Lipinski definition) is 5. The summed E-state index contributed by atoms with van der Waals surface area (Å²) in [6.45, 7) is 4.01. The van der Waals surface area contributed by atoms with Gasteiger partial charge in [0.05, 0.1) is 11.0 Å². The molecule has 2 heterocycles. The summed E-state index contributed by atoms with van der Waals surface area (Å²) in [6.07, 6.45) is 1.72. The molecule has 96 valence electrons. The molecule has 0 saturated carbocycles. The maximum Gasteiger partial charge on any atom is 0.221 e. The van der Waals surface area contributed by atoms with E-state index in [1.54, 1.807) is 6.20 Å². The molecule has 0 saturated heterocycles. The van der Waals surface area contributed by atoms with Crippen LogP contribution in [0.1, 0.15) is 11.1 Å². The standard InChI is InChI=1S/C13H13N5S/c1-7-3-4-9-10(5-7)17-13(16-9)19-11-8(2)6-15-12(14)18-11/h3-6H,1-2H3,(H,16,17)(H2,14,15,18). The van der Waals surface area contributed by atoms with Crippen molar-refractivity contribution in [3.63, 3.8) is 0 Å². The second-order valence-electron chi connectivity index (χ2n) is 4.38. The SMILES string of the molecule is Cc1ccc2nc(Sc3nc(N)ncc3C)[nH]c2c1. The van der Waals surface area contributed by atoms with Crippen LogP contribution >= 0.6 is 11.8 Å². The molecular formula is C13H13N5S. The molecule has 0 aliphatic rings. The second kappa shape index (κ2) is 4.55. The number of fused-ring (bicyclic) bond motifs is 1. The van der Waals surface area contributed by atoms with Crippen LogP contribution in [0.15, 0.2) is 34.6 Å². The van der Waals surface area contributed by atoms with Crippen molar-refractivity contribution in [1.82, 2.24) is 19.9 Å². The van der Waals surface area contributed by atoms with Gasteiger partial charge in [-0.15, -0.1) is 0 Å². The number of benzene rings is 1. The number of anilines is 1. The lowest BCUT2D eigenvalue weighted by atomic mass is 10.2. The molecular weight excluding hydrogens is 258 g/mol. The highest BCUT2D eigenvalue weighted by Gasteiger charge is 2.08. The van der Waals surface area contributed by atoms with Crippen molar-refractivity contribution in [3.05, 3.63) is 35.5 Å². The van der Waals surface area contributed by atoms with E-state index >= 15 is 0 Å². The Hall–Kier alpha value is -2.08. The largest absolute Gasteiger partial charge is 0.368 e. The summed E-state index contributed by atoms with van der Waals surface area (Å²) >= 11 is 1.46. The third-order valence-electron chi connectivity index (χ3n) is 2.75. The molecule has 0 unspecified atom stereocenters. The first kappa shape index (κ1) is 12.0. The Morgan fingerprint density at radius 2 is 2.05 bits per heavy atom. The number of aromatic nitrogens is 4. The van der Waals surface area contributed by atoms with Gasteiger partial charge in [-0.2, -0.15) is 0 Å². The number of hydrogen-bond donors (Lipinski definition) is 2. The Kier molecular flexibility index (Phi) is 2.87. The van der Waals surface area contributed by atoms with Gasteiger partial charge in [-0.05, 0) is 43.3 Å². The van der Waals surface area contributed by atoms with E-state index in [0.29, 0.717) is 0 Å². The zero-order chi connectivity index (χ0) is 13.4. The number of rotatable bonds is 2. The third kappa shape index (κ3) is 2.39. The molecule has 5 nitrogen and oxygen atoms in total. The maximum absolute atomic E-state index is 5.61. The van der Waals surface area contributed by atoms with Gasteiger partial charge in [0.15, 0.2) is 5.16 Å². The van der Waals surface area contributed by atoms with Crippen molar-refractivity contribution >= 4 is 28.7 Å². The van der Waals surface area contributed by atoms with Gasteiger partial charge in [0.1, 0.15) is 5.03 Å². The lowest BCUT2D eigenvalue weighted by molar-refractivity contribution is 1.00. The van der Waals surface area contributed by atoms with E-state index in [-0.39, 0.29) is 5.95 Å². The fourth-order valence-electron chi connectivity index (χ4n) is 1.78. The average Bonchev–Trinajstić information content (AvgIpc) is 2.75. The van der Waals surface area contributed by atoms with Crippen molar-refractivity contribution in [2.24, 2.45) is 0 Å². The first-order chi connectivity index (χ1) is 9.11. The minimum Gasteiger partial charge on any atom is -0.368 e. The molecule has 19 heavy (non-hydrogen) atoms. The lowest BCUT2D eigenvalue weighted by Gasteiger charge is -2.01. The zero-order valence-corrected chi connectivity index (χ0v) is 11.5. The highest BCUT2D eigenvalue weighted by Crippen LogP contribution is 2.28. The van der Waals surface area contributed by atoms with E-state index in [2.05, 4.69) is 32.9 Å². The topological polar surface area (TPSA) is 80.5 Å². The van der Waals surface area contributed by atoms with E-state index in [1.807, 2.05) is 19.1 Å². The summed E-state index contributed by atoms with van der Waals surface area (Å²) in [5, 5.41) is 1.63. The van der Waals surface area contributed by atoms with Crippen LogP contribution in [0.2, 0.25) is 0 Å². The second-order valence-corrected chi connectivity index (χ2v) is 5.36. The summed E-state index contributed by atoms with van der Waals surface area (Å²) in [5.74, 6) is 0.278. The van der Waals surface area contributed by atoms with Crippen LogP contribution in [-0.2, 0) is 0 Å². The predicted molar refractivity (Wildman–Crippen MR) is 76.1 cm³/mol. The Balaban J connectivity index is 1.98. The van der Waals surface area contributed by atoms with Crippen LogP contribution < -0.4 is 5.73 Å². The number of aryl methyl sites for hydroxylation is 2. The number of nitrogens with two attached hydrogens (primary N) is 1. The maximum atomic E-state index is 5.61. The van der Waals surface area contributed by atoms with Gasteiger partial charge in [0, 0.05) is 11.8 Å². The fourth-order valence-corrected chi connectivity index (χ4v) is 2.62. The van der Waals surface area contributed by atoms with Gasteiger partial charge in [-0.1, -0.05) is 6.07 Å². The van der Waals surface area contributed by atoms with Gasteiger partial charge in [-0.25, -0.2) is 15.0 Å². The summed E-state index contributed by atoms with van der Waals surface area (Å²) in [7, 11) is 0. The van der Waals surface area contributed by atoms with Gasteiger partial charge in [-0.3, -0.25) is 0 Å². The Morgan fingerprint density at radius 3 is 2.89 bits per heavy atom. The molecule has 3 rings (SSSR count). The first-order valence-electron chi connectivity index (χ1n) is 5.85. The number of nitrogens with zero attached hydrogens (tertiary/aromatic N) is 3. The van der Waals surface area contributed by atoms with Gasteiger partial charge in [0.25, 0.3) is 0 Å². The Bertz CT molecular complexity index is 750. The predicted octanol–water partition coefficient (Wildman–Crippen LogP) is 2.70. The summed E-state index contributed by atoms with van der Waals surface area (Å²) in [4.78, 5) is 16.0. The van der Waals surface area contributed by atoms with Crippen molar-refractivity contribution in [2.45, 2.75) is 24.0 Å². The van der Waals surface area contributed by atoms with E-state index in [0.717, 1.165) is 26.8 Å². The van der Waals surface area contributed by atoms with E-state index in [4.69, 9.17) is 5.73 Å². The van der Waals surface area contributed by atoms with Crippen LogP contribution in [0.25, 0.3) is 11.0 Å². The van der Waals surface area contributed by atoms with Crippen molar-refractivity contribution in [2.75, 3.05) is 5.73 Å². The lowest BCUT2D eigenvalue weighted by Crippen LogP contribution is -1.97. The molecule has 0 aliphatic heterocycles. The number of imidazole rings is 1. The van der Waals surface area contributed by atoms with Crippen molar-refractivity contribution in [3.8, 4) is 0 Å². The highest BCUT2D eigenvalue weighted by molar-refractivity contribution is 7.99. The monoisotopic (exact) mass is 271 g/mol. The molecule has 3 N–H and O–H groups in total. The normalized spacial score (nSPS) is 11.1. The van der Waals surface area contributed by atoms with Crippen LogP contribution in [0, 0.1) is 13.8 Å². The minimum absolute atomic E-state index is 0.278. The molecule has 0 amide bonds. The van der Waals surface area contributed by atoms with E-state index < -0.39 is 0 Å². The third-order valence-corrected chi connectivity index (χ3v) is 3.75. The summed E-state index contributed by atoms with van der Waals surface area (Å²) in [5.41, 5.74) is 9.78. The number of nitrogens with one attached hydrogen (secondary N) is 1. The summed E-state index contributed by atoms with van der Waals surface area (Å²) in [6, 6.07) is 6.13. The molecule has 0 aliphatic carbocycles. The molecule has 3 aromatic rings. The van der Waals surface area contributed by atoms with E-state index in [1.165, 1.54) is 17.3 Å². The Labute approximate surface area is 114 Å². The van der Waals surface area contributed by atoms with Crippen LogP contribution in [0.3, 0.4) is 0 Å². The molecule has 2 aromatic heterocycles. The molecule has 0 atom stereocenters. The molecule has 0 bridgehead atoms. The quantitative estimate of drug-likeness (QED) is 0.700.